The minimum Gasteiger partial charge on any atom is -0.852 e. The molecule has 0 saturated carbocycles. The van der Waals surface area contributed by atoms with Crippen LogP contribution < -0.4 is 15.3 Å². The largest absolute Gasteiger partial charge is 3.00 e. The average molecular weight is 318 g/mol. The molecular weight excluding hydrogens is 297 g/mol. The third-order valence-corrected chi connectivity index (χ3v) is 0. The van der Waals surface area contributed by atoms with Gasteiger partial charge in [0.05, 0.1) is 0 Å². The summed E-state index contributed by atoms with van der Waals surface area (Å²) >= 11 is 0. The maximum absolute atomic E-state index is 9.53. The Morgan fingerprint density at radius 1 is 0.538 bits per heavy atom. The van der Waals surface area contributed by atoms with Gasteiger partial charge in [-0.3, -0.25) is 0 Å². The Hall–Kier alpha value is 1.24. The number of hydrogen-bond donors (Lipinski definition) is 0. The monoisotopic (exact) mass is 318 g/mol. The molecule has 0 saturated heterocycles. The van der Waals surface area contributed by atoms with E-state index in [0.29, 0.717) is 0 Å². The molecule has 0 atom stereocenters. The van der Waals surface area contributed by atoms with Crippen molar-refractivity contribution in [1.82, 2.24) is 0 Å². The zero-order chi connectivity index (χ0) is 10.7. The van der Waals surface area contributed by atoms with Crippen molar-refractivity contribution < 1.29 is 56.6 Å². The van der Waals surface area contributed by atoms with Crippen LogP contribution in [0.1, 0.15) is 41.5 Å². The summed E-state index contributed by atoms with van der Waals surface area (Å²) in [7, 11) is 0. The van der Waals surface area contributed by atoms with E-state index in [0.717, 1.165) is 0 Å². The van der Waals surface area contributed by atoms with E-state index in [1.807, 2.05) is 0 Å². The van der Waals surface area contributed by atoms with Crippen molar-refractivity contribution in [2.45, 2.75) is 59.9 Å². The van der Waals surface area contributed by atoms with Gasteiger partial charge in [-0.05, 0) is 0 Å². The molecule has 0 radical (unpaired) electrons. The fraction of sp³-hybridized carbons (Fsp3) is 1.00. The second kappa shape index (κ2) is 18.9. The molecule has 0 rings (SSSR count). The fourth-order valence-electron chi connectivity index (χ4n) is 0. The van der Waals surface area contributed by atoms with Gasteiger partial charge in [0.25, 0.3) is 0 Å². The van der Waals surface area contributed by atoms with E-state index >= 15 is 0 Å². The first-order chi connectivity index (χ1) is 5.20. The predicted molar refractivity (Wildman–Crippen MR) is 45.4 cm³/mol. The summed E-state index contributed by atoms with van der Waals surface area (Å²) in [6, 6.07) is 0. The summed E-state index contributed by atoms with van der Waals surface area (Å²) in [6.07, 6.45) is -1.25. The topological polar surface area (TPSA) is 69.2 Å². The van der Waals surface area contributed by atoms with Crippen molar-refractivity contribution in [2.75, 3.05) is 0 Å². The molecule has 0 aromatic carbocycles. The van der Waals surface area contributed by atoms with E-state index in [1.165, 1.54) is 0 Å². The first-order valence-corrected chi connectivity index (χ1v) is 4.17. The number of rotatable bonds is 0. The normalized spacial score (nSPS) is 8.31. The van der Waals surface area contributed by atoms with Crippen LogP contribution in [0.25, 0.3) is 0 Å². The van der Waals surface area contributed by atoms with Crippen LogP contribution >= 0.6 is 0 Å². The van der Waals surface area contributed by atoms with Crippen LogP contribution in [0.5, 0.6) is 0 Å². The van der Waals surface area contributed by atoms with Crippen LogP contribution in [0.3, 0.4) is 0 Å². The molecule has 13 heavy (non-hydrogen) atoms. The second-order valence-electron chi connectivity index (χ2n) is 3.15. The second-order valence-corrected chi connectivity index (χ2v) is 3.15. The summed E-state index contributed by atoms with van der Waals surface area (Å²) in [6.45, 7) is 9.67. The maximum Gasteiger partial charge on any atom is 3.00 e. The van der Waals surface area contributed by atoms with E-state index in [-0.39, 0.29) is 41.3 Å². The molecule has 0 spiro atoms. The van der Waals surface area contributed by atoms with Crippen molar-refractivity contribution in [3.05, 3.63) is 0 Å². The Morgan fingerprint density at radius 3 is 0.538 bits per heavy atom. The summed E-state index contributed by atoms with van der Waals surface area (Å²) in [4.78, 5) is 0. The molecule has 0 unspecified atom stereocenters. The minimum absolute atomic E-state index is 0. The van der Waals surface area contributed by atoms with Gasteiger partial charge in [-0.25, -0.2) is 0 Å². The summed E-state index contributed by atoms with van der Waals surface area (Å²) in [5.41, 5.74) is 0. The van der Waals surface area contributed by atoms with Gasteiger partial charge >= 0.3 is 41.3 Å². The first kappa shape index (κ1) is 23.8. The summed E-state index contributed by atoms with van der Waals surface area (Å²) < 4.78 is 0. The molecule has 78 valence electrons. The summed E-state index contributed by atoms with van der Waals surface area (Å²) in [5.74, 6) is 0. The SMILES string of the molecule is CC(C)[O-].CC(C)[O-].CC(C)[O-].[Pr+3]. The molecule has 0 N–H and O–H groups in total. The third-order valence-electron chi connectivity index (χ3n) is 0. The van der Waals surface area contributed by atoms with Gasteiger partial charge in [0.2, 0.25) is 0 Å². The molecule has 3 nitrogen and oxygen atoms in total. The average Bonchev–Trinajstić information content (AvgIpc) is 1.54. The van der Waals surface area contributed by atoms with E-state index in [2.05, 4.69) is 0 Å². The third kappa shape index (κ3) is 1080. The standard InChI is InChI=1S/3C3H7O.Pr/c3*1-3(2)4;/h3*3H,1-2H3;/q3*-1;+3. The van der Waals surface area contributed by atoms with E-state index in [1.54, 1.807) is 41.5 Å². The number of hydrogen-bond acceptors (Lipinski definition) is 3. The van der Waals surface area contributed by atoms with Gasteiger partial charge in [0.1, 0.15) is 0 Å². The van der Waals surface area contributed by atoms with E-state index in [9.17, 15) is 15.3 Å². The smallest absolute Gasteiger partial charge is 0.852 e. The zero-order valence-electron chi connectivity index (χ0n) is 9.53. The van der Waals surface area contributed by atoms with Crippen LogP contribution in [0.2, 0.25) is 0 Å². The van der Waals surface area contributed by atoms with Gasteiger partial charge in [0.15, 0.2) is 0 Å². The minimum atomic E-state index is -0.417. The van der Waals surface area contributed by atoms with Crippen LogP contribution in [-0.4, -0.2) is 18.3 Å². The van der Waals surface area contributed by atoms with E-state index < -0.39 is 18.3 Å². The molecular formula is C9H21O3Pr. The molecule has 0 aromatic rings. The molecule has 0 aliphatic heterocycles. The Morgan fingerprint density at radius 2 is 0.538 bits per heavy atom. The molecule has 0 fully saturated rings. The van der Waals surface area contributed by atoms with Crippen molar-refractivity contribution in [3.8, 4) is 0 Å². The maximum atomic E-state index is 9.53. The van der Waals surface area contributed by atoms with Crippen LogP contribution in [-0.2, 0) is 0 Å². The zero-order valence-corrected chi connectivity index (χ0v) is 13.2. The molecule has 0 bridgehead atoms. The van der Waals surface area contributed by atoms with Crippen molar-refractivity contribution >= 4 is 0 Å². The molecule has 0 aliphatic rings. The van der Waals surface area contributed by atoms with Crippen molar-refractivity contribution in [1.29, 1.82) is 0 Å². The van der Waals surface area contributed by atoms with Gasteiger partial charge in [0, 0.05) is 0 Å². The quantitative estimate of drug-likeness (QED) is 0.591. The molecule has 4 heteroatoms. The van der Waals surface area contributed by atoms with Gasteiger partial charge < -0.3 is 15.3 Å². The Balaban J connectivity index is -0.0000000450. The van der Waals surface area contributed by atoms with Gasteiger partial charge in [-0.15, -0.1) is 18.3 Å². The van der Waals surface area contributed by atoms with Gasteiger partial charge in [-0.1, -0.05) is 41.5 Å². The predicted octanol–water partition coefficient (Wildman–Crippen LogP) is -0.735. The summed E-state index contributed by atoms with van der Waals surface area (Å²) in [5, 5.41) is 28.6. The first-order valence-electron chi connectivity index (χ1n) is 4.17. The molecule has 0 aliphatic carbocycles. The Bertz CT molecular complexity index is 43.4. The fourth-order valence-corrected chi connectivity index (χ4v) is 0. The Kier molecular flexibility index (Phi) is 34.7. The van der Waals surface area contributed by atoms with Crippen LogP contribution in [0.15, 0.2) is 0 Å². The molecule has 0 aromatic heterocycles. The molecule has 0 amide bonds. The Labute approximate surface area is 116 Å². The van der Waals surface area contributed by atoms with Gasteiger partial charge in [-0.2, -0.15) is 0 Å². The molecule has 0 heterocycles. The van der Waals surface area contributed by atoms with Crippen LogP contribution in [0, 0.1) is 41.3 Å². The van der Waals surface area contributed by atoms with Crippen molar-refractivity contribution in [2.24, 2.45) is 0 Å². The van der Waals surface area contributed by atoms with Crippen molar-refractivity contribution in [3.63, 3.8) is 0 Å². The van der Waals surface area contributed by atoms with Crippen LogP contribution in [0.4, 0.5) is 0 Å². The van der Waals surface area contributed by atoms with E-state index in [4.69, 9.17) is 0 Å².